The zero-order valence-corrected chi connectivity index (χ0v) is 20.4. The molecule has 0 aromatic heterocycles. The fourth-order valence-corrected chi connectivity index (χ4v) is 3.48. The van der Waals surface area contributed by atoms with E-state index < -0.39 is 0 Å². The second kappa shape index (κ2) is 13.0. The zero-order valence-electron chi connectivity index (χ0n) is 20.4. The predicted molar refractivity (Wildman–Crippen MR) is 132 cm³/mol. The second-order valence-corrected chi connectivity index (χ2v) is 8.15. The average molecular weight is 495 g/mol. The number of aromatic hydroxyl groups is 2. The number of hydrogen-bond acceptors (Lipinski definition) is 8. The van der Waals surface area contributed by atoms with Crippen molar-refractivity contribution in [2.24, 2.45) is 0 Å². The standard InChI is InChI=1S/C28H30O8/c1-33-25-11-7-19(15-23(25)29)9-13-27(31)35-17-21-3-5-22(6-4-21)18-36-28(32)14-10-20-8-12-26(34-2)24(30)16-20/h3-8,11-12,15-16,29-30H,9-10,13-14,17-18H2,1-2H3. The van der Waals surface area contributed by atoms with Crippen molar-refractivity contribution < 1.29 is 38.7 Å². The van der Waals surface area contributed by atoms with Gasteiger partial charge in [-0.25, -0.2) is 0 Å². The van der Waals surface area contributed by atoms with Crippen LogP contribution in [0.25, 0.3) is 0 Å². The van der Waals surface area contributed by atoms with E-state index >= 15 is 0 Å². The lowest BCUT2D eigenvalue weighted by Gasteiger charge is -2.09. The lowest BCUT2D eigenvalue weighted by Crippen LogP contribution is -2.07. The Morgan fingerprint density at radius 1 is 0.611 bits per heavy atom. The van der Waals surface area contributed by atoms with E-state index in [1.807, 2.05) is 24.3 Å². The third kappa shape index (κ3) is 7.94. The van der Waals surface area contributed by atoms with Gasteiger partial charge in [-0.05, 0) is 59.4 Å². The molecule has 190 valence electrons. The van der Waals surface area contributed by atoms with Gasteiger partial charge in [-0.2, -0.15) is 0 Å². The lowest BCUT2D eigenvalue weighted by atomic mass is 10.1. The van der Waals surface area contributed by atoms with Crippen molar-refractivity contribution in [2.75, 3.05) is 14.2 Å². The molecule has 0 aliphatic heterocycles. The highest BCUT2D eigenvalue weighted by Crippen LogP contribution is 2.27. The van der Waals surface area contributed by atoms with E-state index in [2.05, 4.69) is 0 Å². The van der Waals surface area contributed by atoms with Crippen LogP contribution in [0, 0.1) is 0 Å². The van der Waals surface area contributed by atoms with Crippen LogP contribution in [0.15, 0.2) is 60.7 Å². The smallest absolute Gasteiger partial charge is 0.306 e. The summed E-state index contributed by atoms with van der Waals surface area (Å²) < 4.78 is 20.7. The molecule has 2 N–H and O–H groups in total. The molecule has 0 radical (unpaired) electrons. The van der Waals surface area contributed by atoms with Crippen LogP contribution in [0.2, 0.25) is 0 Å². The zero-order chi connectivity index (χ0) is 25.9. The van der Waals surface area contributed by atoms with Crippen LogP contribution in [0.1, 0.15) is 35.1 Å². The molecule has 0 aliphatic carbocycles. The van der Waals surface area contributed by atoms with Gasteiger partial charge in [-0.1, -0.05) is 36.4 Å². The van der Waals surface area contributed by atoms with Gasteiger partial charge in [0.1, 0.15) is 13.2 Å². The van der Waals surface area contributed by atoms with Gasteiger partial charge < -0.3 is 29.2 Å². The van der Waals surface area contributed by atoms with E-state index in [1.54, 1.807) is 36.4 Å². The number of rotatable bonds is 12. The van der Waals surface area contributed by atoms with E-state index in [-0.39, 0.29) is 49.5 Å². The van der Waals surface area contributed by atoms with Gasteiger partial charge in [-0.3, -0.25) is 9.59 Å². The molecule has 0 saturated heterocycles. The molecule has 8 heteroatoms. The number of aryl methyl sites for hydroxylation is 2. The summed E-state index contributed by atoms with van der Waals surface area (Å²) in [6.45, 7) is 0.281. The van der Waals surface area contributed by atoms with E-state index in [0.717, 1.165) is 22.3 Å². The summed E-state index contributed by atoms with van der Waals surface area (Å²) >= 11 is 0. The highest BCUT2D eigenvalue weighted by molar-refractivity contribution is 5.70. The highest BCUT2D eigenvalue weighted by Gasteiger charge is 2.09. The van der Waals surface area contributed by atoms with Crippen molar-refractivity contribution in [1.29, 1.82) is 0 Å². The Hall–Kier alpha value is -4.20. The third-order valence-corrected chi connectivity index (χ3v) is 5.54. The number of carbonyl (C=O) groups is 2. The monoisotopic (exact) mass is 494 g/mol. The molecule has 8 nitrogen and oxygen atoms in total. The SMILES string of the molecule is COc1ccc(CCC(=O)OCc2ccc(COC(=O)CCc3ccc(OC)c(O)c3)cc2)cc1O. The van der Waals surface area contributed by atoms with Crippen LogP contribution in [0.3, 0.4) is 0 Å². The van der Waals surface area contributed by atoms with Crippen LogP contribution in [0.4, 0.5) is 0 Å². The molecule has 3 aromatic rings. The molecule has 0 atom stereocenters. The number of carbonyl (C=O) groups excluding carboxylic acids is 2. The maximum atomic E-state index is 12.1. The van der Waals surface area contributed by atoms with Gasteiger partial charge in [0.2, 0.25) is 0 Å². The molecule has 36 heavy (non-hydrogen) atoms. The van der Waals surface area contributed by atoms with Gasteiger partial charge in [-0.15, -0.1) is 0 Å². The number of esters is 2. The van der Waals surface area contributed by atoms with Crippen molar-refractivity contribution in [2.45, 2.75) is 38.9 Å². The van der Waals surface area contributed by atoms with Crippen molar-refractivity contribution in [3.8, 4) is 23.0 Å². The summed E-state index contributed by atoms with van der Waals surface area (Å²) in [6, 6.07) is 17.3. The minimum absolute atomic E-state index is 0.0339. The lowest BCUT2D eigenvalue weighted by molar-refractivity contribution is -0.145. The van der Waals surface area contributed by atoms with Crippen molar-refractivity contribution in [1.82, 2.24) is 0 Å². The molecule has 3 rings (SSSR count). The molecule has 0 saturated carbocycles. The molecule has 0 amide bonds. The van der Waals surface area contributed by atoms with E-state index in [4.69, 9.17) is 18.9 Å². The number of phenols is 2. The van der Waals surface area contributed by atoms with E-state index in [0.29, 0.717) is 24.3 Å². The van der Waals surface area contributed by atoms with Crippen LogP contribution in [0.5, 0.6) is 23.0 Å². The normalized spacial score (nSPS) is 10.5. The Bertz CT molecular complexity index is 1080. The Kier molecular flexibility index (Phi) is 9.56. The predicted octanol–water partition coefficient (Wildman–Crippen LogP) is 4.47. The van der Waals surface area contributed by atoms with Crippen LogP contribution in [-0.2, 0) is 45.1 Å². The molecule has 0 aliphatic rings. The van der Waals surface area contributed by atoms with Gasteiger partial charge in [0.25, 0.3) is 0 Å². The first-order chi connectivity index (χ1) is 17.4. The molecular weight excluding hydrogens is 464 g/mol. The first-order valence-corrected chi connectivity index (χ1v) is 11.5. The Balaban J connectivity index is 1.36. The van der Waals surface area contributed by atoms with Crippen LogP contribution < -0.4 is 9.47 Å². The first kappa shape index (κ1) is 26.4. The molecule has 0 bridgehead atoms. The summed E-state index contributed by atoms with van der Waals surface area (Å²) in [7, 11) is 2.95. The quantitative estimate of drug-likeness (QED) is 0.355. The molecule has 3 aromatic carbocycles. The minimum atomic E-state index is -0.339. The minimum Gasteiger partial charge on any atom is -0.504 e. The topological polar surface area (TPSA) is 112 Å². The number of ether oxygens (including phenoxy) is 4. The summed E-state index contributed by atoms with van der Waals surface area (Å²) in [6.07, 6.45) is 1.27. The van der Waals surface area contributed by atoms with Crippen LogP contribution in [-0.4, -0.2) is 36.4 Å². The summed E-state index contributed by atoms with van der Waals surface area (Å²) in [5.41, 5.74) is 3.26. The highest BCUT2D eigenvalue weighted by atomic mass is 16.5. The van der Waals surface area contributed by atoms with Gasteiger partial charge in [0.15, 0.2) is 23.0 Å². The molecule has 0 spiro atoms. The number of methoxy groups -OCH3 is 2. The molecule has 0 fully saturated rings. The van der Waals surface area contributed by atoms with E-state index in [9.17, 15) is 19.8 Å². The Labute approximate surface area is 210 Å². The number of benzene rings is 3. The Morgan fingerprint density at radius 2 is 0.972 bits per heavy atom. The molecule has 0 unspecified atom stereocenters. The van der Waals surface area contributed by atoms with Gasteiger partial charge in [0, 0.05) is 12.8 Å². The average Bonchev–Trinajstić information content (AvgIpc) is 2.89. The summed E-state index contributed by atoms with van der Waals surface area (Å²) in [4.78, 5) is 24.1. The maximum absolute atomic E-state index is 12.1. The van der Waals surface area contributed by atoms with E-state index in [1.165, 1.54) is 14.2 Å². The summed E-state index contributed by atoms with van der Waals surface area (Å²) in [5.74, 6) is 0.156. The maximum Gasteiger partial charge on any atom is 0.306 e. The fourth-order valence-electron chi connectivity index (χ4n) is 3.48. The van der Waals surface area contributed by atoms with Gasteiger partial charge >= 0.3 is 11.9 Å². The molecule has 0 heterocycles. The second-order valence-electron chi connectivity index (χ2n) is 8.15. The summed E-state index contributed by atoms with van der Waals surface area (Å²) in [5, 5.41) is 19.6. The molecular formula is C28H30O8. The van der Waals surface area contributed by atoms with Crippen molar-refractivity contribution in [3.63, 3.8) is 0 Å². The first-order valence-electron chi connectivity index (χ1n) is 11.5. The largest absolute Gasteiger partial charge is 0.504 e. The third-order valence-electron chi connectivity index (χ3n) is 5.54. The fraction of sp³-hybridized carbons (Fsp3) is 0.286. The van der Waals surface area contributed by atoms with Gasteiger partial charge in [0.05, 0.1) is 14.2 Å². The number of hydrogen-bond donors (Lipinski definition) is 2. The van der Waals surface area contributed by atoms with Crippen LogP contribution >= 0.6 is 0 Å². The van der Waals surface area contributed by atoms with Crippen molar-refractivity contribution >= 4 is 11.9 Å². The Morgan fingerprint density at radius 3 is 1.31 bits per heavy atom. The number of phenolic OH excluding ortho intramolecular Hbond substituents is 2. The van der Waals surface area contributed by atoms with Crippen molar-refractivity contribution in [3.05, 3.63) is 82.9 Å².